The van der Waals surface area contributed by atoms with Gasteiger partial charge in [-0.2, -0.15) is 14.6 Å². The van der Waals surface area contributed by atoms with Crippen LogP contribution in [-0.2, 0) is 0 Å². The van der Waals surface area contributed by atoms with Gasteiger partial charge < -0.3 is 18.9 Å². The van der Waals surface area contributed by atoms with Crippen LogP contribution in [0.5, 0.6) is 11.5 Å². The van der Waals surface area contributed by atoms with Gasteiger partial charge in [-0.3, -0.25) is 0 Å². The predicted octanol–water partition coefficient (Wildman–Crippen LogP) is 4.06. The monoisotopic (exact) mass is 434 g/mol. The molecule has 5 rings (SSSR count). The topological polar surface area (TPSA) is 90.8 Å². The second-order valence-electron chi connectivity index (χ2n) is 8.05. The summed E-state index contributed by atoms with van der Waals surface area (Å²) in [7, 11) is 3.30. The third-order valence-corrected chi connectivity index (χ3v) is 5.93. The Morgan fingerprint density at radius 1 is 1.06 bits per heavy atom. The van der Waals surface area contributed by atoms with Gasteiger partial charge in [0.25, 0.3) is 0 Å². The van der Waals surface area contributed by atoms with E-state index < -0.39 is 0 Å². The molecule has 0 saturated carbocycles. The lowest BCUT2D eigenvalue weighted by atomic mass is 10.0. The lowest BCUT2D eigenvalue weighted by Crippen LogP contribution is -2.25. The summed E-state index contributed by atoms with van der Waals surface area (Å²) >= 11 is 0. The minimum atomic E-state index is 0.0182. The first-order chi connectivity index (χ1) is 15.5. The molecule has 0 bridgehead atoms. The number of benzene rings is 1. The zero-order chi connectivity index (χ0) is 22.4. The minimum absolute atomic E-state index is 0.0182. The third-order valence-electron chi connectivity index (χ3n) is 5.93. The number of hydrogen-bond donors (Lipinski definition) is 0. The summed E-state index contributed by atoms with van der Waals surface area (Å²) in [6.45, 7) is 6.72. The zero-order valence-corrected chi connectivity index (χ0v) is 18.9. The molecule has 1 saturated heterocycles. The van der Waals surface area contributed by atoms with Crippen molar-refractivity contribution in [3.05, 3.63) is 47.4 Å². The summed E-state index contributed by atoms with van der Waals surface area (Å²) in [5.74, 6) is 3.70. The summed E-state index contributed by atoms with van der Waals surface area (Å²) in [6.07, 6.45) is 1.98. The molecule has 1 unspecified atom stereocenters. The Morgan fingerprint density at radius 2 is 1.91 bits per heavy atom. The molecule has 1 fully saturated rings. The molecule has 3 aromatic heterocycles. The van der Waals surface area contributed by atoms with E-state index in [9.17, 15) is 0 Å². The predicted molar refractivity (Wildman–Crippen MR) is 119 cm³/mol. The van der Waals surface area contributed by atoms with Gasteiger partial charge in [0.2, 0.25) is 5.89 Å². The van der Waals surface area contributed by atoms with E-state index in [-0.39, 0.29) is 6.04 Å². The Balaban J connectivity index is 1.68. The Kier molecular flexibility index (Phi) is 4.96. The fourth-order valence-corrected chi connectivity index (χ4v) is 4.50. The molecule has 4 aromatic rings. The summed E-state index contributed by atoms with van der Waals surface area (Å²) in [5, 5.41) is 8.87. The molecule has 0 radical (unpaired) electrons. The van der Waals surface area contributed by atoms with Gasteiger partial charge >= 0.3 is 0 Å². The van der Waals surface area contributed by atoms with E-state index in [2.05, 4.69) is 21.1 Å². The van der Waals surface area contributed by atoms with Gasteiger partial charge in [-0.15, -0.1) is 0 Å². The average Bonchev–Trinajstić information content (AvgIpc) is 3.51. The molecular formula is C23H26N6O3. The summed E-state index contributed by atoms with van der Waals surface area (Å²) in [6, 6.07) is 7.88. The second kappa shape index (κ2) is 7.81. The number of hydrogen-bond acceptors (Lipinski definition) is 8. The highest BCUT2D eigenvalue weighted by Gasteiger charge is 2.33. The fourth-order valence-electron chi connectivity index (χ4n) is 4.50. The van der Waals surface area contributed by atoms with E-state index in [1.165, 1.54) is 0 Å². The highest BCUT2D eigenvalue weighted by atomic mass is 16.5. The lowest BCUT2D eigenvalue weighted by Gasteiger charge is -2.24. The van der Waals surface area contributed by atoms with E-state index >= 15 is 0 Å². The van der Waals surface area contributed by atoms with Crippen LogP contribution in [0, 0.1) is 20.8 Å². The summed E-state index contributed by atoms with van der Waals surface area (Å²) in [5.41, 5.74) is 4.44. The highest BCUT2D eigenvalue weighted by molar-refractivity contribution is 5.85. The smallest absolute Gasteiger partial charge is 0.249 e. The molecule has 9 nitrogen and oxygen atoms in total. The van der Waals surface area contributed by atoms with E-state index in [1.807, 2.05) is 43.5 Å². The number of aromatic nitrogens is 5. The molecule has 32 heavy (non-hydrogen) atoms. The average molecular weight is 435 g/mol. The number of anilines is 1. The molecule has 4 heterocycles. The van der Waals surface area contributed by atoms with Gasteiger partial charge in [0.15, 0.2) is 11.5 Å². The highest BCUT2D eigenvalue weighted by Crippen LogP contribution is 2.40. The van der Waals surface area contributed by atoms with Crippen LogP contribution in [-0.4, -0.2) is 45.5 Å². The molecule has 0 N–H and O–H groups in total. The molecule has 1 aromatic carbocycles. The van der Waals surface area contributed by atoms with Crippen LogP contribution in [0.3, 0.4) is 0 Å². The number of ether oxygens (including phenoxy) is 2. The van der Waals surface area contributed by atoms with Crippen molar-refractivity contribution < 1.29 is 14.0 Å². The lowest BCUT2D eigenvalue weighted by molar-refractivity contribution is 0.351. The maximum atomic E-state index is 5.67. The van der Waals surface area contributed by atoms with Crippen molar-refractivity contribution in [1.29, 1.82) is 0 Å². The van der Waals surface area contributed by atoms with Crippen LogP contribution < -0.4 is 14.4 Å². The molecule has 0 amide bonds. The van der Waals surface area contributed by atoms with Crippen LogP contribution in [0.1, 0.15) is 42.0 Å². The van der Waals surface area contributed by atoms with Crippen LogP contribution >= 0.6 is 0 Å². The third kappa shape index (κ3) is 3.24. The molecule has 1 aliphatic heterocycles. The van der Waals surface area contributed by atoms with Crippen molar-refractivity contribution in [3.63, 3.8) is 0 Å². The number of aryl methyl sites for hydroxylation is 3. The van der Waals surface area contributed by atoms with E-state index in [0.717, 1.165) is 59.1 Å². The van der Waals surface area contributed by atoms with Crippen molar-refractivity contribution in [1.82, 2.24) is 24.7 Å². The Labute approximate surface area is 186 Å². The van der Waals surface area contributed by atoms with E-state index in [0.29, 0.717) is 17.5 Å². The SMILES string of the molecule is COc1ccc(-c2c(C)nn3c(N4CCCC4c4nc(C)no4)cc(C)nc23)c(OC)c1. The van der Waals surface area contributed by atoms with E-state index in [4.69, 9.17) is 24.1 Å². The maximum absolute atomic E-state index is 5.67. The van der Waals surface area contributed by atoms with Crippen LogP contribution in [0.2, 0.25) is 0 Å². The van der Waals surface area contributed by atoms with Gasteiger partial charge in [-0.25, -0.2) is 4.98 Å². The Bertz CT molecular complexity index is 1290. The van der Waals surface area contributed by atoms with Crippen LogP contribution in [0.4, 0.5) is 5.82 Å². The van der Waals surface area contributed by atoms with Crippen molar-refractivity contribution in [2.75, 3.05) is 25.7 Å². The van der Waals surface area contributed by atoms with Crippen molar-refractivity contribution in [2.24, 2.45) is 0 Å². The first-order valence-electron chi connectivity index (χ1n) is 10.7. The molecule has 9 heteroatoms. The maximum Gasteiger partial charge on any atom is 0.249 e. The van der Waals surface area contributed by atoms with Crippen LogP contribution in [0.15, 0.2) is 28.8 Å². The fraction of sp³-hybridized carbons (Fsp3) is 0.391. The van der Waals surface area contributed by atoms with Gasteiger partial charge in [-0.05, 0) is 45.7 Å². The molecule has 1 aliphatic rings. The molecule has 0 spiro atoms. The second-order valence-corrected chi connectivity index (χ2v) is 8.05. The Hall–Kier alpha value is -3.62. The van der Waals surface area contributed by atoms with Crippen molar-refractivity contribution in [3.8, 4) is 22.6 Å². The van der Waals surface area contributed by atoms with Crippen molar-refractivity contribution in [2.45, 2.75) is 39.7 Å². The molecule has 0 aliphatic carbocycles. The van der Waals surface area contributed by atoms with Gasteiger partial charge in [0, 0.05) is 29.9 Å². The summed E-state index contributed by atoms with van der Waals surface area (Å²) in [4.78, 5) is 11.6. The van der Waals surface area contributed by atoms with Gasteiger partial charge in [-0.1, -0.05) is 5.16 Å². The largest absolute Gasteiger partial charge is 0.497 e. The molecule has 1 atom stereocenters. The molecule has 166 valence electrons. The number of rotatable bonds is 5. The molecular weight excluding hydrogens is 408 g/mol. The first-order valence-corrected chi connectivity index (χ1v) is 10.7. The summed E-state index contributed by atoms with van der Waals surface area (Å²) < 4.78 is 18.5. The first kappa shape index (κ1) is 20.3. The standard InChI is InChI=1S/C23H26N6O3/c1-13-11-20(28-10-6-7-18(28)23-25-15(3)27-32-23)29-22(24-13)21(14(2)26-29)17-9-8-16(30-4)12-19(17)31-5/h8-9,11-12,18H,6-7,10H2,1-5H3. The normalized spacial score (nSPS) is 16.2. The van der Waals surface area contributed by atoms with Gasteiger partial charge in [0.05, 0.1) is 25.5 Å². The Morgan fingerprint density at radius 3 is 2.62 bits per heavy atom. The van der Waals surface area contributed by atoms with Crippen molar-refractivity contribution >= 4 is 11.5 Å². The quantitative estimate of drug-likeness (QED) is 0.464. The number of methoxy groups -OCH3 is 2. The minimum Gasteiger partial charge on any atom is -0.497 e. The van der Waals surface area contributed by atoms with E-state index in [1.54, 1.807) is 14.2 Å². The van der Waals surface area contributed by atoms with Gasteiger partial charge in [0.1, 0.15) is 23.4 Å². The zero-order valence-electron chi connectivity index (χ0n) is 18.9. The van der Waals surface area contributed by atoms with Crippen LogP contribution in [0.25, 0.3) is 16.8 Å². The number of fused-ring (bicyclic) bond motifs is 1. The number of nitrogens with zero attached hydrogens (tertiary/aromatic N) is 6.